The monoisotopic (exact) mass is 447 g/mol. The minimum atomic E-state index is -4.47. The van der Waals surface area contributed by atoms with E-state index in [0.717, 1.165) is 43.8 Å². The molecule has 3 fully saturated rings. The summed E-state index contributed by atoms with van der Waals surface area (Å²) in [6, 6.07) is 2.18. The summed E-state index contributed by atoms with van der Waals surface area (Å²) in [5.41, 5.74) is 0.187. The second-order valence-electron chi connectivity index (χ2n) is 8.71. The number of hydrogen-bond donors (Lipinski definition) is 0. The van der Waals surface area contributed by atoms with Crippen LogP contribution in [0.5, 0.6) is 5.88 Å². The highest BCUT2D eigenvalue weighted by Gasteiger charge is 2.38. The lowest BCUT2D eigenvalue weighted by atomic mass is 10.1. The van der Waals surface area contributed by atoms with Gasteiger partial charge < -0.3 is 9.64 Å². The first-order chi connectivity index (χ1) is 15.4. The van der Waals surface area contributed by atoms with Crippen molar-refractivity contribution in [1.82, 2.24) is 24.8 Å². The van der Waals surface area contributed by atoms with Gasteiger partial charge >= 0.3 is 6.18 Å². The number of ether oxygens (including phenoxy) is 1. The summed E-state index contributed by atoms with van der Waals surface area (Å²) in [5, 5.41) is 0. The Morgan fingerprint density at radius 1 is 1.03 bits per heavy atom. The van der Waals surface area contributed by atoms with Gasteiger partial charge in [0.15, 0.2) is 0 Å². The van der Waals surface area contributed by atoms with Gasteiger partial charge in [-0.05, 0) is 31.4 Å². The van der Waals surface area contributed by atoms with Crippen molar-refractivity contribution < 1.29 is 22.7 Å². The molecule has 32 heavy (non-hydrogen) atoms. The number of alkyl halides is 3. The van der Waals surface area contributed by atoms with Crippen molar-refractivity contribution >= 4 is 5.91 Å². The largest absolute Gasteiger partial charge is 0.472 e. The molecule has 2 aromatic heterocycles. The molecule has 2 aliphatic heterocycles. The zero-order valence-corrected chi connectivity index (χ0v) is 17.5. The molecular weight excluding hydrogens is 423 g/mol. The third-order valence-electron chi connectivity index (χ3n) is 6.32. The average Bonchev–Trinajstić information content (AvgIpc) is 3.58. The van der Waals surface area contributed by atoms with Gasteiger partial charge in [0.25, 0.3) is 5.91 Å². The summed E-state index contributed by atoms with van der Waals surface area (Å²) in [4.78, 5) is 29.5. The van der Waals surface area contributed by atoms with E-state index in [1.54, 1.807) is 17.3 Å². The van der Waals surface area contributed by atoms with E-state index in [1.165, 1.54) is 12.8 Å². The van der Waals surface area contributed by atoms with Gasteiger partial charge in [0.2, 0.25) is 5.88 Å². The molecule has 10 heteroatoms. The highest BCUT2D eigenvalue weighted by atomic mass is 19.4. The number of rotatable bonds is 4. The number of nitrogens with zero attached hydrogens (tertiary/aromatic N) is 5. The minimum Gasteiger partial charge on any atom is -0.472 e. The number of fused-ring (bicyclic) bond motifs is 1. The number of halogens is 3. The van der Waals surface area contributed by atoms with Crippen LogP contribution in [-0.2, 0) is 6.18 Å². The first-order valence-corrected chi connectivity index (χ1v) is 10.9. The van der Waals surface area contributed by atoms with Crippen LogP contribution in [0.15, 0.2) is 30.7 Å². The Bertz CT molecular complexity index is 963. The van der Waals surface area contributed by atoms with Crippen molar-refractivity contribution in [2.75, 3.05) is 26.2 Å². The van der Waals surface area contributed by atoms with Crippen LogP contribution in [0.2, 0.25) is 0 Å². The topological polar surface area (TPSA) is 71.5 Å². The Balaban J connectivity index is 1.20. The lowest BCUT2D eigenvalue weighted by Crippen LogP contribution is -2.40. The van der Waals surface area contributed by atoms with Crippen molar-refractivity contribution in [3.63, 3.8) is 0 Å². The van der Waals surface area contributed by atoms with E-state index in [1.807, 2.05) is 0 Å². The number of amides is 1. The second-order valence-corrected chi connectivity index (χ2v) is 8.71. The van der Waals surface area contributed by atoms with E-state index in [0.29, 0.717) is 31.1 Å². The fourth-order valence-electron chi connectivity index (χ4n) is 4.48. The molecule has 2 atom stereocenters. The summed E-state index contributed by atoms with van der Waals surface area (Å²) in [5.74, 6) is 0.717. The second kappa shape index (κ2) is 8.31. The Hall–Kier alpha value is -2.75. The summed E-state index contributed by atoms with van der Waals surface area (Å²) in [6.45, 7) is 2.63. The van der Waals surface area contributed by atoms with Gasteiger partial charge in [0.1, 0.15) is 11.8 Å². The molecule has 1 saturated carbocycles. The minimum absolute atomic E-state index is 0.0308. The molecule has 5 rings (SSSR count). The molecule has 0 radical (unpaired) electrons. The fraction of sp³-hybridized carbons (Fsp3) is 0.545. The van der Waals surface area contributed by atoms with Crippen molar-refractivity contribution in [2.45, 2.75) is 49.9 Å². The molecule has 0 spiro atoms. The van der Waals surface area contributed by atoms with Crippen LogP contribution in [0.4, 0.5) is 13.2 Å². The number of pyridine rings is 1. The van der Waals surface area contributed by atoms with Crippen LogP contribution in [0.25, 0.3) is 0 Å². The predicted molar refractivity (Wildman–Crippen MR) is 108 cm³/mol. The van der Waals surface area contributed by atoms with Crippen molar-refractivity contribution in [1.29, 1.82) is 0 Å². The van der Waals surface area contributed by atoms with Gasteiger partial charge in [-0.1, -0.05) is 0 Å². The van der Waals surface area contributed by atoms with Crippen molar-refractivity contribution in [2.24, 2.45) is 0 Å². The first kappa shape index (κ1) is 21.1. The maximum Gasteiger partial charge on any atom is 0.417 e. The third kappa shape index (κ3) is 4.55. The normalized spacial score (nSPS) is 24.2. The molecule has 7 nitrogen and oxygen atoms in total. The lowest BCUT2D eigenvalue weighted by Gasteiger charge is -2.25. The quantitative estimate of drug-likeness (QED) is 0.717. The van der Waals surface area contributed by atoms with Crippen LogP contribution < -0.4 is 4.74 Å². The first-order valence-electron chi connectivity index (χ1n) is 10.9. The summed E-state index contributed by atoms with van der Waals surface area (Å²) < 4.78 is 44.3. The van der Waals surface area contributed by atoms with Crippen molar-refractivity contribution in [3.8, 4) is 5.88 Å². The van der Waals surface area contributed by atoms with Crippen LogP contribution in [-0.4, -0.2) is 69.0 Å². The summed E-state index contributed by atoms with van der Waals surface area (Å²) in [7, 11) is 0. The van der Waals surface area contributed by atoms with E-state index < -0.39 is 11.7 Å². The maximum absolute atomic E-state index is 12.9. The molecule has 4 heterocycles. The lowest BCUT2D eigenvalue weighted by molar-refractivity contribution is -0.137. The third-order valence-corrected chi connectivity index (χ3v) is 6.32. The van der Waals surface area contributed by atoms with Gasteiger partial charge in [-0.25, -0.2) is 4.98 Å². The molecule has 0 bridgehead atoms. The molecular formula is C22H24F3N5O2. The van der Waals surface area contributed by atoms with Gasteiger partial charge in [-0.15, -0.1) is 0 Å². The Morgan fingerprint density at radius 3 is 2.53 bits per heavy atom. The van der Waals surface area contributed by atoms with Crippen LogP contribution in [0.3, 0.4) is 0 Å². The van der Waals surface area contributed by atoms with Crippen molar-refractivity contribution in [3.05, 3.63) is 47.7 Å². The Kier molecular flexibility index (Phi) is 5.48. The standard InChI is InChI=1S/C22H24F3N5O2/c23-22(24,25)15-4-5-18(26-9-15)21(31)30-7-1-6-29-13-17(8-16(29)12-30)32-20-11-27-19(10-28-20)14-2-3-14/h4-5,9-11,14,16-17H,1-3,6-8,12-13H2/t16-,17+/m1/s1. The zero-order valence-electron chi connectivity index (χ0n) is 17.5. The smallest absolute Gasteiger partial charge is 0.417 e. The number of carbonyl (C=O) groups excluding carboxylic acids is 1. The van der Waals surface area contributed by atoms with Crippen LogP contribution >= 0.6 is 0 Å². The molecule has 0 unspecified atom stereocenters. The highest BCUT2D eigenvalue weighted by Crippen LogP contribution is 2.38. The highest BCUT2D eigenvalue weighted by molar-refractivity contribution is 5.92. The summed E-state index contributed by atoms with van der Waals surface area (Å²) >= 11 is 0. The van der Waals surface area contributed by atoms with Gasteiger partial charge in [0.05, 0.1) is 23.7 Å². The molecule has 0 N–H and O–H groups in total. The fourth-order valence-corrected chi connectivity index (χ4v) is 4.48. The van der Waals surface area contributed by atoms with E-state index in [4.69, 9.17) is 4.74 Å². The Labute approximate surface area is 183 Å². The Morgan fingerprint density at radius 2 is 1.88 bits per heavy atom. The van der Waals surface area contributed by atoms with Gasteiger partial charge in [-0.3, -0.25) is 19.7 Å². The van der Waals surface area contributed by atoms with E-state index in [-0.39, 0.29) is 23.7 Å². The SMILES string of the molecule is O=C(c1ccc(C(F)(F)F)cn1)N1CCCN2C[C@@H](Oc3cnc(C4CC4)cn3)C[C@@H]2C1. The van der Waals surface area contributed by atoms with E-state index in [2.05, 4.69) is 19.9 Å². The molecule has 2 aromatic rings. The molecule has 170 valence electrons. The molecule has 1 aliphatic carbocycles. The number of carbonyl (C=O) groups is 1. The number of hydrogen-bond acceptors (Lipinski definition) is 6. The zero-order chi connectivity index (χ0) is 22.3. The van der Waals surface area contributed by atoms with Gasteiger partial charge in [0, 0.05) is 50.8 Å². The summed E-state index contributed by atoms with van der Waals surface area (Å²) in [6.07, 6.45) is 3.55. The van der Waals surface area contributed by atoms with E-state index in [9.17, 15) is 18.0 Å². The molecule has 1 amide bonds. The van der Waals surface area contributed by atoms with E-state index >= 15 is 0 Å². The maximum atomic E-state index is 12.9. The predicted octanol–water partition coefficient (Wildman–Crippen LogP) is 3.14. The average molecular weight is 447 g/mol. The van der Waals surface area contributed by atoms with Crippen LogP contribution in [0.1, 0.15) is 53.3 Å². The van der Waals surface area contributed by atoms with Crippen LogP contribution in [0, 0.1) is 0 Å². The molecule has 2 saturated heterocycles. The van der Waals surface area contributed by atoms with Gasteiger partial charge in [-0.2, -0.15) is 13.2 Å². The molecule has 0 aromatic carbocycles. The molecule has 3 aliphatic rings. The number of aromatic nitrogens is 3.